The number of amides is 1. The summed E-state index contributed by atoms with van der Waals surface area (Å²) >= 11 is 2.08. The normalized spacial score (nSPS) is 26.5. The van der Waals surface area contributed by atoms with Crippen molar-refractivity contribution in [1.82, 2.24) is 10.2 Å². The monoisotopic (exact) mass is 362 g/mol. The Kier molecular flexibility index (Phi) is 5.05. The molecule has 1 N–H and O–H groups in total. The Morgan fingerprint density at radius 1 is 1.20 bits per heavy atom. The highest BCUT2D eigenvalue weighted by molar-refractivity contribution is 7.99. The Morgan fingerprint density at radius 3 is 2.52 bits per heavy atom. The van der Waals surface area contributed by atoms with Crippen molar-refractivity contribution in [2.45, 2.75) is 43.6 Å². The molecule has 0 bridgehead atoms. The number of hydrogen-bond acceptors (Lipinski definition) is 3. The molecule has 136 valence electrons. The van der Waals surface area contributed by atoms with Crippen LogP contribution >= 0.6 is 11.8 Å². The largest absolute Gasteiger partial charge is 0.355 e. The Balaban J connectivity index is 1.26. The van der Waals surface area contributed by atoms with E-state index < -0.39 is 5.41 Å². The predicted octanol–water partition coefficient (Wildman–Crippen LogP) is 3.19. The molecule has 2 aliphatic heterocycles. The molecule has 0 aromatic heterocycles. The van der Waals surface area contributed by atoms with Gasteiger partial charge >= 0.3 is 0 Å². The molecule has 5 heteroatoms. The number of carbonyl (C=O) groups excluding carboxylic acids is 1. The third-order valence-corrected chi connectivity index (χ3v) is 7.35. The Bertz CT molecular complexity index is 603. The van der Waals surface area contributed by atoms with Crippen LogP contribution in [0.4, 0.5) is 4.39 Å². The number of benzene rings is 1. The molecule has 0 radical (unpaired) electrons. The maximum atomic E-state index is 13.1. The van der Waals surface area contributed by atoms with E-state index in [-0.39, 0.29) is 11.7 Å². The number of nitrogens with one attached hydrogen (secondary N) is 1. The van der Waals surface area contributed by atoms with Gasteiger partial charge in [-0.05, 0) is 74.6 Å². The maximum Gasteiger partial charge on any atom is 0.230 e. The molecule has 3 nitrogen and oxygen atoms in total. The van der Waals surface area contributed by atoms with Gasteiger partial charge in [-0.3, -0.25) is 9.69 Å². The summed E-state index contributed by atoms with van der Waals surface area (Å²) in [5.41, 5.74) is 0.565. The number of halogens is 1. The summed E-state index contributed by atoms with van der Waals surface area (Å²) < 4.78 is 13.1. The third kappa shape index (κ3) is 3.72. The average molecular weight is 363 g/mol. The summed E-state index contributed by atoms with van der Waals surface area (Å²) in [6, 6.07) is 7.23. The second kappa shape index (κ2) is 7.28. The van der Waals surface area contributed by atoms with Gasteiger partial charge in [0.05, 0.1) is 5.41 Å². The lowest BCUT2D eigenvalue weighted by Crippen LogP contribution is -2.44. The van der Waals surface area contributed by atoms with Crippen LogP contribution in [0.3, 0.4) is 0 Å². The lowest BCUT2D eigenvalue weighted by Gasteiger charge is -2.35. The van der Waals surface area contributed by atoms with Crippen LogP contribution in [-0.4, -0.2) is 48.0 Å². The zero-order chi connectivity index (χ0) is 17.3. The number of piperidine rings is 1. The van der Waals surface area contributed by atoms with Crippen molar-refractivity contribution in [3.63, 3.8) is 0 Å². The van der Waals surface area contributed by atoms with Crippen molar-refractivity contribution in [3.05, 3.63) is 35.6 Å². The molecule has 1 amide bonds. The van der Waals surface area contributed by atoms with E-state index in [0.717, 1.165) is 31.0 Å². The van der Waals surface area contributed by atoms with E-state index in [1.165, 1.54) is 56.0 Å². The van der Waals surface area contributed by atoms with Crippen molar-refractivity contribution in [2.75, 3.05) is 31.1 Å². The van der Waals surface area contributed by atoms with Crippen LogP contribution in [0.5, 0.6) is 0 Å². The Morgan fingerprint density at radius 2 is 1.92 bits per heavy atom. The molecule has 4 rings (SSSR count). The van der Waals surface area contributed by atoms with Crippen LogP contribution in [0.1, 0.15) is 37.7 Å². The number of carbonyl (C=O) groups is 1. The number of nitrogens with zero attached hydrogens (tertiary/aromatic N) is 1. The first kappa shape index (κ1) is 17.3. The smallest absolute Gasteiger partial charge is 0.230 e. The van der Waals surface area contributed by atoms with E-state index in [1.807, 2.05) is 0 Å². The number of thioether (sulfide) groups is 1. The first-order valence-electron chi connectivity index (χ1n) is 9.53. The zero-order valence-electron chi connectivity index (χ0n) is 14.7. The highest BCUT2D eigenvalue weighted by Crippen LogP contribution is 2.48. The summed E-state index contributed by atoms with van der Waals surface area (Å²) in [7, 11) is 0. The zero-order valence-corrected chi connectivity index (χ0v) is 15.5. The maximum absolute atomic E-state index is 13.1. The van der Waals surface area contributed by atoms with Crippen LogP contribution in [-0.2, 0) is 10.2 Å². The van der Waals surface area contributed by atoms with Gasteiger partial charge in [0, 0.05) is 18.3 Å². The van der Waals surface area contributed by atoms with Crippen LogP contribution in [0.2, 0.25) is 0 Å². The third-order valence-electron chi connectivity index (χ3n) is 6.20. The van der Waals surface area contributed by atoms with Gasteiger partial charge in [0.15, 0.2) is 0 Å². The van der Waals surface area contributed by atoms with Crippen molar-refractivity contribution >= 4 is 17.7 Å². The topological polar surface area (TPSA) is 32.3 Å². The predicted molar refractivity (Wildman–Crippen MR) is 100 cm³/mol. The highest BCUT2D eigenvalue weighted by atomic mass is 32.2. The SMILES string of the molecule is O=C(NCC1CCN(C2CCSC2)CC1)C1(c2ccc(F)cc2)CC1. The van der Waals surface area contributed by atoms with Gasteiger partial charge in [-0.25, -0.2) is 4.39 Å². The molecule has 1 aromatic carbocycles. The molecule has 2 saturated heterocycles. The molecule has 3 fully saturated rings. The van der Waals surface area contributed by atoms with E-state index in [0.29, 0.717) is 5.92 Å². The van der Waals surface area contributed by atoms with Crippen LogP contribution < -0.4 is 5.32 Å². The number of likely N-dealkylation sites (tertiary alicyclic amines) is 1. The van der Waals surface area contributed by atoms with Crippen molar-refractivity contribution in [1.29, 1.82) is 0 Å². The fourth-order valence-corrected chi connectivity index (χ4v) is 5.53. The van der Waals surface area contributed by atoms with Crippen molar-refractivity contribution < 1.29 is 9.18 Å². The Labute approximate surface area is 153 Å². The van der Waals surface area contributed by atoms with Gasteiger partial charge in [-0.1, -0.05) is 12.1 Å². The summed E-state index contributed by atoms with van der Waals surface area (Å²) in [4.78, 5) is 15.4. The summed E-state index contributed by atoms with van der Waals surface area (Å²) in [6.45, 7) is 3.14. The van der Waals surface area contributed by atoms with Crippen LogP contribution in [0.15, 0.2) is 24.3 Å². The second-order valence-electron chi connectivity index (χ2n) is 7.80. The molecule has 0 spiro atoms. The van der Waals surface area contributed by atoms with Gasteiger partial charge in [0.2, 0.25) is 5.91 Å². The van der Waals surface area contributed by atoms with E-state index >= 15 is 0 Å². The van der Waals surface area contributed by atoms with Crippen molar-refractivity contribution in [2.24, 2.45) is 5.92 Å². The van der Waals surface area contributed by atoms with Gasteiger partial charge in [0.1, 0.15) is 5.82 Å². The minimum Gasteiger partial charge on any atom is -0.355 e. The van der Waals surface area contributed by atoms with E-state index in [2.05, 4.69) is 22.0 Å². The molecule has 1 saturated carbocycles. The molecule has 2 heterocycles. The first-order valence-corrected chi connectivity index (χ1v) is 10.7. The van der Waals surface area contributed by atoms with Gasteiger partial charge in [-0.2, -0.15) is 11.8 Å². The van der Waals surface area contributed by atoms with Gasteiger partial charge in [-0.15, -0.1) is 0 Å². The molecule has 1 unspecified atom stereocenters. The minimum atomic E-state index is -0.393. The summed E-state index contributed by atoms with van der Waals surface area (Å²) in [5, 5.41) is 3.20. The number of rotatable bonds is 5. The molecule has 3 aliphatic rings. The molecule has 1 aliphatic carbocycles. The average Bonchev–Trinajstić information content (AvgIpc) is 3.27. The lowest BCUT2D eigenvalue weighted by molar-refractivity contribution is -0.123. The molecule has 25 heavy (non-hydrogen) atoms. The van der Waals surface area contributed by atoms with Crippen molar-refractivity contribution in [3.8, 4) is 0 Å². The Hall–Kier alpha value is -1.07. The molecule has 1 atom stereocenters. The van der Waals surface area contributed by atoms with E-state index in [9.17, 15) is 9.18 Å². The molecular weight excluding hydrogens is 335 g/mol. The fraction of sp³-hybridized carbons (Fsp3) is 0.650. The standard InChI is InChI=1S/C20H27FN2OS/c21-17-3-1-16(2-4-17)20(8-9-20)19(24)22-13-15-5-10-23(11-6-15)18-7-12-25-14-18/h1-4,15,18H,5-14H2,(H,22,24). The quantitative estimate of drug-likeness (QED) is 0.873. The summed E-state index contributed by atoms with van der Waals surface area (Å²) in [6.07, 6.45) is 5.47. The molecular formula is C20H27FN2OS. The van der Waals surface area contributed by atoms with Gasteiger partial charge in [0.25, 0.3) is 0 Å². The van der Waals surface area contributed by atoms with Crippen LogP contribution in [0.25, 0.3) is 0 Å². The van der Waals surface area contributed by atoms with E-state index in [1.54, 1.807) is 12.1 Å². The van der Waals surface area contributed by atoms with E-state index in [4.69, 9.17) is 0 Å². The summed E-state index contributed by atoms with van der Waals surface area (Å²) in [5.74, 6) is 3.09. The number of hydrogen-bond donors (Lipinski definition) is 1. The fourth-order valence-electron chi connectivity index (χ4n) is 4.28. The van der Waals surface area contributed by atoms with Gasteiger partial charge < -0.3 is 5.32 Å². The minimum absolute atomic E-state index is 0.133. The highest BCUT2D eigenvalue weighted by Gasteiger charge is 2.51. The molecule has 1 aromatic rings. The van der Waals surface area contributed by atoms with Crippen LogP contribution in [0, 0.1) is 11.7 Å². The second-order valence-corrected chi connectivity index (χ2v) is 8.95. The first-order chi connectivity index (χ1) is 12.2. The lowest BCUT2D eigenvalue weighted by atomic mass is 9.93.